The summed E-state index contributed by atoms with van der Waals surface area (Å²) in [5, 5.41) is -1.13. The fourth-order valence-electron chi connectivity index (χ4n) is 2.03. The minimum Gasteiger partial charge on any atom is -0.273 e. The third-order valence-corrected chi connectivity index (χ3v) is 6.65. The summed E-state index contributed by atoms with van der Waals surface area (Å²) in [7, 11) is -7.21. The lowest BCUT2D eigenvalue weighted by atomic mass is 10.1. The molecule has 0 N–H and O–H groups in total. The highest BCUT2D eigenvalue weighted by Gasteiger charge is 2.22. The molecule has 0 aromatic carbocycles. The van der Waals surface area contributed by atoms with Crippen molar-refractivity contribution in [3.63, 3.8) is 0 Å². The summed E-state index contributed by atoms with van der Waals surface area (Å²) in [6.45, 7) is 2.23. The van der Waals surface area contributed by atoms with Gasteiger partial charge in [0.2, 0.25) is 5.08 Å². The second-order valence-corrected chi connectivity index (χ2v) is 9.15. The van der Waals surface area contributed by atoms with Gasteiger partial charge >= 0.3 is 0 Å². The molecule has 134 valence electrons. The van der Waals surface area contributed by atoms with Crippen molar-refractivity contribution in [2.45, 2.75) is 71.1 Å². The molecule has 0 aliphatic rings. The van der Waals surface area contributed by atoms with E-state index >= 15 is 0 Å². The Balaban J connectivity index is 3.53. The Hall–Kier alpha value is -0.180. The summed E-state index contributed by atoms with van der Waals surface area (Å²) in [6.07, 6.45) is 11.4. The van der Waals surface area contributed by atoms with E-state index in [1.165, 1.54) is 38.5 Å². The number of rotatable bonds is 15. The lowest BCUT2D eigenvalue weighted by molar-refractivity contribution is 0.307. The molecule has 22 heavy (non-hydrogen) atoms. The molecule has 0 amide bonds. The summed E-state index contributed by atoms with van der Waals surface area (Å²) in [6, 6.07) is 0. The van der Waals surface area contributed by atoms with E-state index < -0.39 is 25.3 Å². The molecule has 0 fully saturated rings. The molecule has 0 rings (SSSR count). The fraction of sp³-hybridized carbons (Fsp3) is 1.00. The average molecular weight is 359 g/mol. The highest BCUT2D eigenvalue weighted by atomic mass is 32.3. The van der Waals surface area contributed by atoms with Gasteiger partial charge in [0.05, 0.1) is 13.7 Å². The fourth-order valence-corrected chi connectivity index (χ4v) is 4.48. The van der Waals surface area contributed by atoms with E-state index in [1.807, 2.05) is 0 Å². The first-order chi connectivity index (χ1) is 10.3. The lowest BCUT2D eigenvalue weighted by Crippen LogP contribution is -2.20. The average Bonchev–Trinajstić information content (AvgIpc) is 2.43. The van der Waals surface area contributed by atoms with E-state index in [9.17, 15) is 16.8 Å². The summed E-state index contributed by atoms with van der Waals surface area (Å²) >= 11 is 0. The maximum Gasteiger partial charge on any atom is 0.284 e. The molecule has 0 radical (unpaired) electrons. The Morgan fingerprint density at radius 3 is 1.59 bits per heavy atom. The number of hydrogen-bond acceptors (Lipinski definition) is 6. The first kappa shape index (κ1) is 21.8. The highest BCUT2D eigenvalue weighted by molar-refractivity contribution is 8.03. The van der Waals surface area contributed by atoms with Gasteiger partial charge in [-0.1, -0.05) is 64.7 Å². The third-order valence-electron chi connectivity index (χ3n) is 3.30. The SMILES string of the molecule is CCCCCCCCCCCCOS(=O)(=O)CS(=O)(=O)OC. The van der Waals surface area contributed by atoms with Gasteiger partial charge in [0, 0.05) is 0 Å². The predicted molar refractivity (Wildman–Crippen MR) is 87.5 cm³/mol. The molecule has 0 unspecified atom stereocenters. The van der Waals surface area contributed by atoms with Gasteiger partial charge in [-0.15, -0.1) is 0 Å². The molecule has 8 heteroatoms. The van der Waals surface area contributed by atoms with Crippen molar-refractivity contribution < 1.29 is 25.2 Å². The molecule has 0 aromatic rings. The van der Waals surface area contributed by atoms with Gasteiger partial charge in [0.25, 0.3) is 20.2 Å². The molecule has 0 bridgehead atoms. The molecule has 0 saturated carbocycles. The molecule has 0 spiro atoms. The number of unbranched alkanes of at least 4 members (excludes halogenated alkanes) is 9. The highest BCUT2D eigenvalue weighted by Crippen LogP contribution is 2.11. The van der Waals surface area contributed by atoms with Crippen molar-refractivity contribution in [2.75, 3.05) is 18.8 Å². The summed E-state index contributed by atoms with van der Waals surface area (Å²) in [5.41, 5.74) is 0. The van der Waals surface area contributed by atoms with Crippen LogP contribution in [0.4, 0.5) is 0 Å². The first-order valence-electron chi connectivity index (χ1n) is 7.98. The van der Waals surface area contributed by atoms with Gasteiger partial charge in [-0.3, -0.25) is 8.37 Å². The van der Waals surface area contributed by atoms with Gasteiger partial charge in [-0.2, -0.15) is 16.8 Å². The van der Waals surface area contributed by atoms with Gasteiger partial charge in [0.1, 0.15) is 0 Å². The Kier molecular flexibility index (Phi) is 12.2. The molecule has 0 aliphatic heterocycles. The van der Waals surface area contributed by atoms with E-state index in [4.69, 9.17) is 0 Å². The normalized spacial score (nSPS) is 12.6. The smallest absolute Gasteiger partial charge is 0.273 e. The van der Waals surface area contributed by atoms with E-state index in [0.29, 0.717) is 6.42 Å². The summed E-state index contributed by atoms with van der Waals surface area (Å²) in [4.78, 5) is 0. The number of hydrogen-bond donors (Lipinski definition) is 0. The topological polar surface area (TPSA) is 86.7 Å². The molecule has 0 aliphatic carbocycles. The molecule has 6 nitrogen and oxygen atoms in total. The van der Waals surface area contributed by atoms with Crippen LogP contribution in [0.5, 0.6) is 0 Å². The zero-order valence-corrected chi connectivity index (χ0v) is 15.4. The Bertz CT molecular complexity index is 456. The second kappa shape index (κ2) is 12.3. The minimum atomic E-state index is -4.07. The van der Waals surface area contributed by atoms with Crippen LogP contribution in [0.3, 0.4) is 0 Å². The van der Waals surface area contributed by atoms with Crippen molar-refractivity contribution in [3.05, 3.63) is 0 Å². The van der Waals surface area contributed by atoms with Crippen molar-refractivity contribution >= 4 is 20.2 Å². The van der Waals surface area contributed by atoms with Crippen molar-refractivity contribution in [1.82, 2.24) is 0 Å². The van der Waals surface area contributed by atoms with Crippen molar-refractivity contribution in [2.24, 2.45) is 0 Å². The quantitative estimate of drug-likeness (QED) is 0.330. The monoisotopic (exact) mass is 358 g/mol. The molecule has 0 heterocycles. The molecular formula is C14H30O6S2. The van der Waals surface area contributed by atoms with Crippen LogP contribution in [0, 0.1) is 0 Å². The van der Waals surface area contributed by atoms with Crippen molar-refractivity contribution in [3.8, 4) is 0 Å². The van der Waals surface area contributed by atoms with Gasteiger partial charge in [-0.05, 0) is 6.42 Å². The van der Waals surface area contributed by atoms with Crippen LogP contribution < -0.4 is 0 Å². The Morgan fingerprint density at radius 2 is 1.14 bits per heavy atom. The van der Waals surface area contributed by atoms with E-state index in [0.717, 1.165) is 26.4 Å². The largest absolute Gasteiger partial charge is 0.284 e. The first-order valence-corrected chi connectivity index (χ1v) is 11.1. The van der Waals surface area contributed by atoms with E-state index in [2.05, 4.69) is 15.3 Å². The van der Waals surface area contributed by atoms with Gasteiger partial charge in [-0.25, -0.2) is 0 Å². The van der Waals surface area contributed by atoms with E-state index in [-0.39, 0.29) is 6.61 Å². The standard InChI is InChI=1S/C14H30O6S2/c1-3-4-5-6-7-8-9-10-11-12-13-20-22(17,18)14-21(15,16)19-2/h3-14H2,1-2H3. The van der Waals surface area contributed by atoms with Gasteiger partial charge in [0.15, 0.2) is 0 Å². The summed E-state index contributed by atoms with van der Waals surface area (Å²) in [5.74, 6) is 0. The van der Waals surface area contributed by atoms with Crippen LogP contribution >= 0.6 is 0 Å². The minimum absolute atomic E-state index is 0.0259. The van der Waals surface area contributed by atoms with Crippen LogP contribution in [0.1, 0.15) is 71.1 Å². The van der Waals surface area contributed by atoms with Crippen molar-refractivity contribution in [1.29, 1.82) is 0 Å². The maximum absolute atomic E-state index is 11.4. The molecular weight excluding hydrogens is 328 g/mol. The van der Waals surface area contributed by atoms with Crippen LogP contribution in [-0.4, -0.2) is 35.6 Å². The summed E-state index contributed by atoms with van der Waals surface area (Å²) < 4.78 is 53.6. The lowest BCUT2D eigenvalue weighted by Gasteiger charge is -2.05. The van der Waals surface area contributed by atoms with Crippen LogP contribution in [0.25, 0.3) is 0 Å². The molecule has 0 atom stereocenters. The van der Waals surface area contributed by atoms with Crippen LogP contribution in [0.2, 0.25) is 0 Å². The van der Waals surface area contributed by atoms with Gasteiger partial charge < -0.3 is 0 Å². The molecule has 0 aromatic heterocycles. The third kappa shape index (κ3) is 13.5. The van der Waals surface area contributed by atoms with E-state index in [1.54, 1.807) is 0 Å². The van der Waals surface area contributed by atoms with Crippen LogP contribution in [0.15, 0.2) is 0 Å². The predicted octanol–water partition coefficient (Wildman–Crippen LogP) is 3.19. The second-order valence-electron chi connectivity index (χ2n) is 5.40. The molecule has 0 saturated heterocycles. The Labute approximate surface area is 135 Å². The zero-order valence-electron chi connectivity index (χ0n) is 13.8. The van der Waals surface area contributed by atoms with Crippen LogP contribution in [-0.2, 0) is 28.6 Å². The maximum atomic E-state index is 11.4. The Morgan fingerprint density at radius 1 is 0.682 bits per heavy atom. The zero-order chi connectivity index (χ0) is 16.9.